The van der Waals surface area contributed by atoms with Crippen molar-refractivity contribution in [2.24, 2.45) is 23.2 Å². The first-order valence-electron chi connectivity index (χ1n) is 13.0. The second kappa shape index (κ2) is 9.56. The topological polar surface area (TPSA) is 55.4 Å². The Morgan fingerprint density at radius 1 is 1.15 bits per heavy atom. The number of aryl methyl sites for hydroxylation is 1. The van der Waals surface area contributed by atoms with Crippen molar-refractivity contribution in [1.29, 1.82) is 0 Å². The van der Waals surface area contributed by atoms with Crippen molar-refractivity contribution in [1.82, 2.24) is 5.32 Å². The number of benzene rings is 2. The number of hydrogen-bond donors (Lipinski definition) is 1. The molecular weight excluding hydrogens is 422 g/mol. The lowest BCUT2D eigenvalue weighted by Crippen LogP contribution is -2.44. The summed E-state index contributed by atoms with van der Waals surface area (Å²) in [6.45, 7) is 2.82. The average Bonchev–Trinajstić information content (AvgIpc) is 3.12. The van der Waals surface area contributed by atoms with Gasteiger partial charge < -0.3 is 10.1 Å². The maximum Gasteiger partial charge on any atom is 0.220 e. The highest BCUT2D eigenvalue weighted by molar-refractivity contribution is 5.87. The molecule has 3 unspecified atom stereocenters. The molecule has 4 heteroatoms. The molecule has 1 N–H and O–H groups in total. The highest BCUT2D eigenvalue weighted by Gasteiger charge is 2.58. The first-order chi connectivity index (χ1) is 16.5. The van der Waals surface area contributed by atoms with Gasteiger partial charge in [0.15, 0.2) is 0 Å². The molecule has 0 heterocycles. The van der Waals surface area contributed by atoms with Gasteiger partial charge in [0.1, 0.15) is 11.5 Å². The van der Waals surface area contributed by atoms with Crippen LogP contribution in [0.25, 0.3) is 0 Å². The number of amides is 1. The SMILES string of the molecule is COc1ccc2c(c1)CCC1C2CC[C@]2(C)C(=O)C[C@@H](CCCC(=O)NCc3ccccc3)C12. The van der Waals surface area contributed by atoms with Gasteiger partial charge in [0.25, 0.3) is 0 Å². The zero-order valence-corrected chi connectivity index (χ0v) is 20.5. The number of ether oxygens (including phenoxy) is 1. The Bertz CT molecular complexity index is 1050. The standard InChI is InChI=1S/C30H37NO3/c1-30-16-15-25-24-14-12-23(34-2)17-21(24)11-13-26(25)29(30)22(18-27(30)32)9-6-10-28(33)31-19-20-7-4-3-5-8-20/h3-5,7-8,12,14,17,22,25-26,29H,6,9-11,13,15-16,18-19H2,1-2H3,(H,31,33)/t22-,25?,26?,29?,30-/m1/s1. The van der Waals surface area contributed by atoms with Crippen molar-refractivity contribution >= 4 is 11.7 Å². The molecule has 0 spiro atoms. The van der Waals surface area contributed by atoms with Gasteiger partial charge in [-0.3, -0.25) is 9.59 Å². The largest absolute Gasteiger partial charge is 0.497 e. The van der Waals surface area contributed by atoms with Crippen molar-refractivity contribution in [3.8, 4) is 5.75 Å². The maximum absolute atomic E-state index is 13.2. The quantitative estimate of drug-likeness (QED) is 0.566. The maximum atomic E-state index is 13.2. The Labute approximate surface area is 203 Å². The zero-order chi connectivity index (χ0) is 23.7. The average molecular weight is 460 g/mol. The van der Waals surface area contributed by atoms with Gasteiger partial charge in [0.2, 0.25) is 5.91 Å². The Balaban J connectivity index is 1.23. The summed E-state index contributed by atoms with van der Waals surface area (Å²) in [5.41, 5.74) is 3.86. The molecule has 0 bridgehead atoms. The van der Waals surface area contributed by atoms with Crippen molar-refractivity contribution in [3.05, 3.63) is 65.2 Å². The minimum absolute atomic E-state index is 0.109. The van der Waals surface area contributed by atoms with Crippen LogP contribution in [0.2, 0.25) is 0 Å². The van der Waals surface area contributed by atoms with Crippen LogP contribution in [0, 0.1) is 23.2 Å². The minimum Gasteiger partial charge on any atom is -0.497 e. The molecule has 2 aromatic carbocycles. The molecule has 1 amide bonds. The molecular formula is C30H37NO3. The van der Waals surface area contributed by atoms with Gasteiger partial charge in [-0.05, 0) is 91.0 Å². The normalized spacial score (nSPS) is 29.6. The molecule has 5 atom stereocenters. The van der Waals surface area contributed by atoms with Crippen LogP contribution < -0.4 is 10.1 Å². The van der Waals surface area contributed by atoms with E-state index in [1.807, 2.05) is 30.3 Å². The monoisotopic (exact) mass is 459 g/mol. The summed E-state index contributed by atoms with van der Waals surface area (Å²) in [5.74, 6) is 3.50. The van der Waals surface area contributed by atoms with Gasteiger partial charge in [0, 0.05) is 24.8 Å². The van der Waals surface area contributed by atoms with E-state index in [9.17, 15) is 9.59 Å². The fraction of sp³-hybridized carbons (Fsp3) is 0.533. The van der Waals surface area contributed by atoms with Crippen LogP contribution in [0.1, 0.15) is 74.5 Å². The lowest BCUT2D eigenvalue weighted by atomic mass is 9.54. The van der Waals surface area contributed by atoms with Crippen LogP contribution in [0.5, 0.6) is 5.75 Å². The number of ketones is 1. The molecule has 2 saturated carbocycles. The van der Waals surface area contributed by atoms with Gasteiger partial charge in [-0.25, -0.2) is 0 Å². The number of methoxy groups -OCH3 is 1. The predicted octanol–water partition coefficient (Wildman–Crippen LogP) is 5.83. The van der Waals surface area contributed by atoms with Crippen LogP contribution in [-0.4, -0.2) is 18.8 Å². The van der Waals surface area contributed by atoms with Crippen molar-refractivity contribution in [2.45, 2.75) is 70.8 Å². The molecule has 4 nitrogen and oxygen atoms in total. The van der Waals surface area contributed by atoms with E-state index in [0.29, 0.717) is 48.8 Å². The molecule has 0 saturated heterocycles. The summed E-state index contributed by atoms with van der Waals surface area (Å²) in [4.78, 5) is 25.6. The number of rotatable bonds is 7. The molecule has 2 aromatic rings. The summed E-state index contributed by atoms with van der Waals surface area (Å²) in [7, 11) is 1.73. The van der Waals surface area contributed by atoms with Gasteiger partial charge in [-0.15, -0.1) is 0 Å². The zero-order valence-electron chi connectivity index (χ0n) is 20.5. The fourth-order valence-electron chi connectivity index (χ4n) is 7.42. The number of carbonyl (C=O) groups is 2. The summed E-state index contributed by atoms with van der Waals surface area (Å²) in [6.07, 6.45) is 7.41. The first-order valence-corrected chi connectivity index (χ1v) is 13.0. The lowest BCUT2D eigenvalue weighted by Gasteiger charge is -2.50. The van der Waals surface area contributed by atoms with Gasteiger partial charge >= 0.3 is 0 Å². The van der Waals surface area contributed by atoms with E-state index >= 15 is 0 Å². The van der Waals surface area contributed by atoms with E-state index < -0.39 is 0 Å². The molecule has 0 aromatic heterocycles. The summed E-state index contributed by atoms with van der Waals surface area (Å²) in [5, 5.41) is 3.05. The van der Waals surface area contributed by atoms with Crippen LogP contribution in [-0.2, 0) is 22.6 Å². The molecule has 3 aliphatic rings. The van der Waals surface area contributed by atoms with Gasteiger partial charge in [-0.1, -0.05) is 43.3 Å². The summed E-state index contributed by atoms with van der Waals surface area (Å²) < 4.78 is 5.46. The van der Waals surface area contributed by atoms with Crippen molar-refractivity contribution in [2.75, 3.05) is 7.11 Å². The van der Waals surface area contributed by atoms with E-state index in [-0.39, 0.29) is 11.3 Å². The second-order valence-electron chi connectivity index (χ2n) is 10.9. The van der Waals surface area contributed by atoms with Crippen LogP contribution >= 0.6 is 0 Å². The van der Waals surface area contributed by atoms with Crippen molar-refractivity contribution < 1.29 is 14.3 Å². The van der Waals surface area contributed by atoms with Gasteiger partial charge in [0.05, 0.1) is 7.11 Å². The predicted molar refractivity (Wildman–Crippen MR) is 134 cm³/mol. The van der Waals surface area contributed by atoms with E-state index in [1.54, 1.807) is 7.11 Å². The third-order valence-electron chi connectivity index (χ3n) is 9.09. The third kappa shape index (κ3) is 4.28. The van der Waals surface area contributed by atoms with Crippen LogP contribution in [0.15, 0.2) is 48.5 Å². The number of nitrogens with one attached hydrogen (secondary N) is 1. The highest BCUT2D eigenvalue weighted by Crippen LogP contribution is 2.62. The fourth-order valence-corrected chi connectivity index (χ4v) is 7.42. The summed E-state index contributed by atoms with van der Waals surface area (Å²) in [6, 6.07) is 16.6. The second-order valence-corrected chi connectivity index (χ2v) is 10.9. The highest BCUT2D eigenvalue weighted by atomic mass is 16.5. The Morgan fingerprint density at radius 2 is 1.97 bits per heavy atom. The number of fused-ring (bicyclic) bond motifs is 5. The number of carbonyl (C=O) groups excluding carboxylic acids is 2. The third-order valence-corrected chi connectivity index (χ3v) is 9.09. The van der Waals surface area contributed by atoms with E-state index in [2.05, 4.69) is 30.4 Å². The number of Topliss-reactive ketones (excluding diaryl/α,β-unsaturated/α-hetero) is 1. The smallest absolute Gasteiger partial charge is 0.220 e. The van der Waals surface area contributed by atoms with Gasteiger partial charge in [-0.2, -0.15) is 0 Å². The lowest BCUT2D eigenvalue weighted by molar-refractivity contribution is -0.129. The van der Waals surface area contributed by atoms with Crippen LogP contribution in [0.3, 0.4) is 0 Å². The Hall–Kier alpha value is -2.62. The van der Waals surface area contributed by atoms with Crippen LogP contribution in [0.4, 0.5) is 0 Å². The van der Waals surface area contributed by atoms with E-state index in [1.165, 1.54) is 11.1 Å². The molecule has 180 valence electrons. The molecule has 0 aliphatic heterocycles. The molecule has 34 heavy (non-hydrogen) atoms. The van der Waals surface area contributed by atoms with Crippen molar-refractivity contribution in [3.63, 3.8) is 0 Å². The summed E-state index contributed by atoms with van der Waals surface area (Å²) >= 11 is 0. The molecule has 2 fully saturated rings. The Morgan fingerprint density at radius 3 is 2.76 bits per heavy atom. The van der Waals surface area contributed by atoms with E-state index in [0.717, 1.165) is 49.8 Å². The molecule has 5 rings (SSSR count). The first kappa shape index (κ1) is 23.1. The van der Waals surface area contributed by atoms with E-state index in [4.69, 9.17) is 4.74 Å². The molecule has 0 radical (unpaired) electrons. The number of hydrogen-bond acceptors (Lipinski definition) is 3. The Kier molecular flexibility index (Phi) is 6.50. The molecule has 3 aliphatic carbocycles. The minimum atomic E-state index is -0.175.